The summed E-state index contributed by atoms with van der Waals surface area (Å²) in [5, 5.41) is 0. The number of allylic oxidation sites excluding steroid dienone is 30. The van der Waals surface area contributed by atoms with E-state index in [1.807, 2.05) is 21.1 Å². The van der Waals surface area contributed by atoms with Crippen molar-refractivity contribution in [2.24, 2.45) is 0 Å². The third kappa shape index (κ3) is 74.2. The van der Waals surface area contributed by atoms with Crippen molar-refractivity contribution in [2.75, 3.05) is 47.5 Å². The number of unbranched alkanes of at least 4 members (excludes halogenated alkanes) is 21. The molecule has 0 rings (SSSR count). The fraction of sp³-hybridized carbons (Fsp3) is 0.610. The van der Waals surface area contributed by atoms with Crippen LogP contribution in [0.4, 0.5) is 0 Å². The maximum absolute atomic E-state index is 12.9. The standard InChI is InChI=1S/C82H134NO8P/c1-6-8-10-12-14-16-18-20-22-24-26-28-30-32-34-35-36-37-38-39-40-41-42-43-44-45-46-47-49-51-53-55-57-59-61-63-65-67-69-71-73-75-82(85)91-80(79-90-92(86,87)89-77-76-83(3,4)5)78-88-81(84)74-72-70-68-66-64-62-60-58-56-54-52-50-48-33-31-29-27-25-23-21-19-17-15-13-11-9-7-2/h8,10,14,16,19-22,25-28,31-34,36-37,39-40,42-43,45-46,49,51,55,57,61,63,80H,6-7,9,11-13,15,17-18,23-24,29-30,35,38,41,44,47-48,50,52-54,56,58-60,62,64-79H2,1-5H3/b10-8-,16-14-,21-19-,22-20-,27-25-,28-26-,33-31-,34-32-,37-36-,40-39-,43-42-,46-45-,51-49-,57-55-,63-61-. The molecular formula is C82H134NO8P. The summed E-state index contributed by atoms with van der Waals surface area (Å²) in [7, 11) is 1.13. The number of quaternary nitrogens is 1. The van der Waals surface area contributed by atoms with E-state index in [4.69, 9.17) is 18.5 Å². The number of phosphoric ester groups is 1. The van der Waals surface area contributed by atoms with Gasteiger partial charge in [-0.15, -0.1) is 0 Å². The molecule has 0 fully saturated rings. The van der Waals surface area contributed by atoms with E-state index in [0.29, 0.717) is 17.4 Å². The smallest absolute Gasteiger partial charge is 0.306 e. The Morgan fingerprint density at radius 2 is 0.620 bits per heavy atom. The number of rotatable bonds is 65. The summed E-state index contributed by atoms with van der Waals surface area (Å²) < 4.78 is 34.3. The maximum atomic E-state index is 12.9. The Morgan fingerprint density at radius 1 is 0.348 bits per heavy atom. The molecule has 0 aromatic heterocycles. The van der Waals surface area contributed by atoms with Crippen LogP contribution in [-0.2, 0) is 32.7 Å². The molecule has 0 saturated heterocycles. The first-order valence-corrected chi connectivity index (χ1v) is 38.0. The van der Waals surface area contributed by atoms with Gasteiger partial charge in [0, 0.05) is 12.8 Å². The summed E-state index contributed by atoms with van der Waals surface area (Å²) in [5.74, 6) is -0.874. The van der Waals surface area contributed by atoms with E-state index in [-0.39, 0.29) is 26.1 Å². The number of carbonyl (C=O) groups excluding carboxylic acids is 2. The Balaban J connectivity index is 4.18. The fourth-order valence-corrected chi connectivity index (χ4v) is 10.1. The number of esters is 2. The number of likely N-dealkylation sites (N-methyl/N-ethyl adjacent to an activating group) is 1. The molecule has 0 heterocycles. The molecule has 2 unspecified atom stereocenters. The van der Waals surface area contributed by atoms with Crippen molar-refractivity contribution in [3.05, 3.63) is 182 Å². The lowest BCUT2D eigenvalue weighted by Crippen LogP contribution is -2.37. The minimum Gasteiger partial charge on any atom is -0.756 e. The first-order valence-electron chi connectivity index (χ1n) is 36.5. The molecule has 0 aliphatic carbocycles. The van der Waals surface area contributed by atoms with E-state index in [9.17, 15) is 19.0 Å². The van der Waals surface area contributed by atoms with E-state index in [2.05, 4.69) is 196 Å². The normalized spacial score (nSPS) is 14.2. The molecule has 9 nitrogen and oxygen atoms in total. The van der Waals surface area contributed by atoms with Gasteiger partial charge < -0.3 is 27.9 Å². The maximum Gasteiger partial charge on any atom is 0.306 e. The molecule has 0 aromatic carbocycles. The summed E-state index contributed by atoms with van der Waals surface area (Å²) in [5.41, 5.74) is 0. The van der Waals surface area contributed by atoms with Crippen LogP contribution in [0.25, 0.3) is 0 Å². The predicted molar refractivity (Wildman–Crippen MR) is 396 cm³/mol. The lowest BCUT2D eigenvalue weighted by atomic mass is 10.0. The summed E-state index contributed by atoms with van der Waals surface area (Å²) in [4.78, 5) is 38.1. The fourth-order valence-electron chi connectivity index (χ4n) is 9.35. The Morgan fingerprint density at radius 3 is 0.924 bits per heavy atom. The van der Waals surface area contributed by atoms with Crippen LogP contribution in [0, 0.1) is 0 Å². The molecule has 0 amide bonds. The summed E-state index contributed by atoms with van der Waals surface area (Å²) >= 11 is 0. The Bertz CT molecular complexity index is 2210. The Labute approximate surface area is 565 Å². The van der Waals surface area contributed by atoms with Gasteiger partial charge in [-0.05, 0) is 141 Å². The van der Waals surface area contributed by atoms with E-state index in [1.165, 1.54) is 96.3 Å². The van der Waals surface area contributed by atoms with Gasteiger partial charge in [-0.2, -0.15) is 0 Å². The van der Waals surface area contributed by atoms with E-state index < -0.39 is 32.5 Å². The molecule has 520 valence electrons. The van der Waals surface area contributed by atoms with Gasteiger partial charge in [0.25, 0.3) is 7.82 Å². The highest BCUT2D eigenvalue weighted by molar-refractivity contribution is 7.45. The second-order valence-corrected chi connectivity index (χ2v) is 26.3. The molecule has 0 N–H and O–H groups in total. The number of nitrogens with zero attached hydrogens (tertiary/aromatic N) is 1. The second kappa shape index (κ2) is 70.4. The zero-order valence-electron chi connectivity index (χ0n) is 59.2. The van der Waals surface area contributed by atoms with Crippen LogP contribution < -0.4 is 4.89 Å². The molecule has 0 aromatic rings. The Kier molecular flexibility index (Phi) is 66.7. The van der Waals surface area contributed by atoms with Crippen molar-refractivity contribution in [3.8, 4) is 0 Å². The van der Waals surface area contributed by atoms with Crippen molar-refractivity contribution in [1.82, 2.24) is 0 Å². The first-order chi connectivity index (χ1) is 45.0. The molecule has 10 heteroatoms. The van der Waals surface area contributed by atoms with Crippen molar-refractivity contribution in [2.45, 2.75) is 277 Å². The van der Waals surface area contributed by atoms with Crippen LogP contribution >= 0.6 is 7.82 Å². The second-order valence-electron chi connectivity index (χ2n) is 24.9. The zero-order chi connectivity index (χ0) is 66.9. The van der Waals surface area contributed by atoms with Crippen LogP contribution in [-0.4, -0.2) is 70.0 Å². The van der Waals surface area contributed by atoms with Crippen molar-refractivity contribution < 1.29 is 42.1 Å². The monoisotopic (exact) mass is 1290 g/mol. The Hall–Kier alpha value is -4.89. The van der Waals surface area contributed by atoms with E-state index in [1.54, 1.807) is 0 Å². The summed E-state index contributed by atoms with van der Waals surface area (Å²) in [6, 6.07) is 0. The molecule has 0 spiro atoms. The molecule has 2 atom stereocenters. The minimum atomic E-state index is -4.66. The lowest BCUT2D eigenvalue weighted by molar-refractivity contribution is -0.870. The number of phosphoric acid groups is 1. The molecule has 0 radical (unpaired) electrons. The van der Waals surface area contributed by atoms with E-state index in [0.717, 1.165) is 141 Å². The van der Waals surface area contributed by atoms with Crippen LogP contribution in [0.1, 0.15) is 271 Å². The van der Waals surface area contributed by atoms with Crippen LogP contribution in [0.2, 0.25) is 0 Å². The molecule has 0 aliphatic rings. The number of ether oxygens (including phenoxy) is 2. The average Bonchev–Trinajstić information content (AvgIpc) is 2.23. The molecule has 0 saturated carbocycles. The third-order valence-corrected chi connectivity index (χ3v) is 15.9. The van der Waals surface area contributed by atoms with Crippen LogP contribution in [0.3, 0.4) is 0 Å². The summed E-state index contributed by atoms with van der Waals surface area (Å²) in [6.45, 7) is 4.07. The highest BCUT2D eigenvalue weighted by Gasteiger charge is 2.22. The first kappa shape index (κ1) is 87.1. The van der Waals surface area contributed by atoms with Gasteiger partial charge in [0.2, 0.25) is 0 Å². The van der Waals surface area contributed by atoms with Gasteiger partial charge >= 0.3 is 11.9 Å². The van der Waals surface area contributed by atoms with E-state index >= 15 is 0 Å². The van der Waals surface area contributed by atoms with Crippen LogP contribution in [0.5, 0.6) is 0 Å². The lowest BCUT2D eigenvalue weighted by Gasteiger charge is -2.28. The van der Waals surface area contributed by atoms with Crippen molar-refractivity contribution >= 4 is 19.8 Å². The molecule has 0 aliphatic heterocycles. The zero-order valence-corrected chi connectivity index (χ0v) is 60.1. The van der Waals surface area contributed by atoms with Gasteiger partial charge in [-0.3, -0.25) is 14.2 Å². The van der Waals surface area contributed by atoms with Crippen molar-refractivity contribution in [3.63, 3.8) is 0 Å². The van der Waals surface area contributed by atoms with Gasteiger partial charge in [0.05, 0.1) is 27.7 Å². The molecule has 92 heavy (non-hydrogen) atoms. The third-order valence-electron chi connectivity index (χ3n) is 14.9. The topological polar surface area (TPSA) is 111 Å². The largest absolute Gasteiger partial charge is 0.756 e. The van der Waals surface area contributed by atoms with Gasteiger partial charge in [0.1, 0.15) is 19.8 Å². The van der Waals surface area contributed by atoms with Crippen LogP contribution in [0.15, 0.2) is 182 Å². The SMILES string of the molecule is CC/C=C\C/C=C\C/C=C\C/C=C\C/C=C\C/C=C\C/C=C\C/C=C\C/C=C\C/C=C\C/C=C\C/C=C\CCCCCCC(=O)OC(COC(=O)CCCCCCCCCCCCCC/C=C\C/C=C\C/C=C\CCCCCCC)COP(=O)([O-])OCC[N+](C)(C)C. The average molecular weight is 1290 g/mol. The highest BCUT2D eigenvalue weighted by atomic mass is 31.2. The van der Waals surface area contributed by atoms with Gasteiger partial charge in [-0.25, -0.2) is 0 Å². The van der Waals surface area contributed by atoms with Gasteiger partial charge in [0.15, 0.2) is 6.10 Å². The number of hydrogen-bond donors (Lipinski definition) is 0. The minimum absolute atomic E-state index is 0.0458. The summed E-state index contributed by atoms with van der Waals surface area (Å²) in [6.07, 6.45) is 108. The number of carbonyl (C=O) groups is 2. The quantitative estimate of drug-likeness (QED) is 0.0195. The van der Waals surface area contributed by atoms with Crippen molar-refractivity contribution in [1.29, 1.82) is 0 Å². The predicted octanol–water partition coefficient (Wildman–Crippen LogP) is 23.6. The number of hydrogen-bond acceptors (Lipinski definition) is 8. The molecular weight excluding hydrogens is 1160 g/mol. The highest BCUT2D eigenvalue weighted by Crippen LogP contribution is 2.38. The molecule has 0 bridgehead atoms. The van der Waals surface area contributed by atoms with Gasteiger partial charge in [-0.1, -0.05) is 299 Å².